The topological polar surface area (TPSA) is 85.2 Å². The molecular weight excluding hydrogens is 404 g/mol. The molecule has 0 spiro atoms. The summed E-state index contributed by atoms with van der Waals surface area (Å²) in [5.41, 5.74) is 4.62. The van der Waals surface area contributed by atoms with E-state index in [9.17, 15) is 9.59 Å². The molecule has 0 saturated carbocycles. The van der Waals surface area contributed by atoms with Crippen LogP contribution in [-0.4, -0.2) is 66.3 Å². The number of amides is 1. The first-order chi connectivity index (χ1) is 15.5. The molecule has 1 atom stereocenters. The molecule has 1 unspecified atom stereocenters. The van der Waals surface area contributed by atoms with Gasteiger partial charge in [0.1, 0.15) is 0 Å². The van der Waals surface area contributed by atoms with Crippen molar-refractivity contribution in [3.8, 4) is 0 Å². The number of nitrogens with zero attached hydrogens (tertiary/aromatic N) is 3. The zero-order valence-corrected chi connectivity index (χ0v) is 18.5. The Morgan fingerprint density at radius 3 is 2.56 bits per heavy atom. The summed E-state index contributed by atoms with van der Waals surface area (Å²) in [5.74, 6) is -0.783. The molecule has 4 rings (SSSR count). The molecule has 32 heavy (non-hydrogen) atoms. The normalized spacial score (nSPS) is 19.0. The Morgan fingerprint density at radius 2 is 1.84 bits per heavy atom. The van der Waals surface area contributed by atoms with Gasteiger partial charge < -0.3 is 15.3 Å². The number of aryl methyl sites for hydroxylation is 1. The lowest BCUT2D eigenvalue weighted by atomic mass is 9.81. The van der Waals surface area contributed by atoms with Crippen LogP contribution in [-0.2, 0) is 17.6 Å². The van der Waals surface area contributed by atoms with Gasteiger partial charge in [-0.05, 0) is 73.2 Å². The molecule has 0 aromatic heterocycles. The first kappa shape index (κ1) is 22.0. The Bertz CT molecular complexity index is 995. The summed E-state index contributed by atoms with van der Waals surface area (Å²) in [5, 5.41) is 18.7. The van der Waals surface area contributed by atoms with Crippen LogP contribution in [0.3, 0.4) is 0 Å². The van der Waals surface area contributed by atoms with Crippen LogP contribution in [0.25, 0.3) is 0 Å². The van der Waals surface area contributed by atoms with Crippen molar-refractivity contribution in [1.82, 2.24) is 9.91 Å². The number of carboxylic acid groups (broad SMARTS) is 1. The Balaban J connectivity index is 1.35. The van der Waals surface area contributed by atoms with Crippen LogP contribution in [0.4, 0.5) is 5.69 Å². The van der Waals surface area contributed by atoms with Gasteiger partial charge in [0.05, 0.1) is 6.21 Å². The molecule has 1 heterocycles. The van der Waals surface area contributed by atoms with Crippen LogP contribution in [0.15, 0.2) is 47.6 Å². The van der Waals surface area contributed by atoms with Gasteiger partial charge in [-0.25, -0.2) is 0 Å². The molecule has 2 aromatic rings. The van der Waals surface area contributed by atoms with Gasteiger partial charge in [-0.1, -0.05) is 18.2 Å². The van der Waals surface area contributed by atoms with E-state index >= 15 is 0 Å². The third kappa shape index (κ3) is 5.73. The highest BCUT2D eigenvalue weighted by Gasteiger charge is 2.22. The zero-order chi connectivity index (χ0) is 22.5. The zero-order valence-electron chi connectivity index (χ0n) is 18.5. The molecule has 7 nitrogen and oxygen atoms in total. The lowest BCUT2D eigenvalue weighted by molar-refractivity contribution is -0.138. The van der Waals surface area contributed by atoms with E-state index in [0.29, 0.717) is 12.0 Å². The highest BCUT2D eigenvalue weighted by molar-refractivity contribution is 6.04. The quantitative estimate of drug-likeness (QED) is 0.683. The number of piperazine rings is 1. The molecule has 0 bridgehead atoms. The molecule has 2 aromatic carbocycles. The van der Waals surface area contributed by atoms with E-state index in [4.69, 9.17) is 5.11 Å². The number of fused-ring (bicyclic) bond motifs is 1. The van der Waals surface area contributed by atoms with Crippen LogP contribution in [0.5, 0.6) is 0 Å². The maximum absolute atomic E-state index is 12.8. The standard InChI is InChI=1S/C25H30N4O3/c1-28-10-12-29(13-11-28)26-17-18-3-8-23(9-4-18)27-25(32)21-7-6-20-5-2-19(15-24(30)31)14-22(20)16-21/h3-4,6-9,16-17,19H,2,5,10-15H2,1H3,(H,27,32)(H,30,31). The van der Waals surface area contributed by atoms with Gasteiger partial charge >= 0.3 is 5.97 Å². The minimum absolute atomic E-state index is 0.137. The first-order valence-corrected chi connectivity index (χ1v) is 11.2. The second-order valence-corrected chi connectivity index (χ2v) is 8.77. The van der Waals surface area contributed by atoms with E-state index in [1.807, 2.05) is 48.7 Å². The summed E-state index contributed by atoms with van der Waals surface area (Å²) in [4.78, 5) is 26.1. The first-order valence-electron chi connectivity index (χ1n) is 11.2. The number of anilines is 1. The van der Waals surface area contributed by atoms with Crippen LogP contribution in [0, 0.1) is 5.92 Å². The van der Waals surface area contributed by atoms with Crippen molar-refractivity contribution in [3.05, 3.63) is 64.7 Å². The number of carbonyl (C=O) groups excluding carboxylic acids is 1. The number of benzene rings is 2. The van der Waals surface area contributed by atoms with Gasteiger partial charge in [-0.15, -0.1) is 0 Å². The number of rotatable bonds is 6. The largest absolute Gasteiger partial charge is 0.481 e. The summed E-state index contributed by atoms with van der Waals surface area (Å²) >= 11 is 0. The number of hydrogen-bond donors (Lipinski definition) is 2. The minimum atomic E-state index is -0.760. The number of hydrogen-bond acceptors (Lipinski definition) is 5. The maximum atomic E-state index is 12.8. The number of nitrogens with one attached hydrogen (secondary N) is 1. The van der Waals surface area contributed by atoms with Crippen LogP contribution in [0.2, 0.25) is 0 Å². The molecule has 1 fully saturated rings. The number of likely N-dealkylation sites (N-methyl/N-ethyl adjacent to an activating group) is 1. The highest BCUT2D eigenvalue weighted by atomic mass is 16.4. The SMILES string of the molecule is CN1CCN(N=Cc2ccc(NC(=O)c3ccc4c(c3)CC(CC(=O)O)CC4)cc2)CC1. The predicted molar refractivity (Wildman–Crippen MR) is 125 cm³/mol. The maximum Gasteiger partial charge on any atom is 0.303 e. The van der Waals surface area contributed by atoms with Gasteiger partial charge in [0, 0.05) is 43.9 Å². The van der Waals surface area contributed by atoms with Gasteiger partial charge in [-0.2, -0.15) is 5.10 Å². The fourth-order valence-electron chi connectivity index (χ4n) is 4.31. The molecule has 1 amide bonds. The van der Waals surface area contributed by atoms with E-state index in [-0.39, 0.29) is 18.2 Å². The van der Waals surface area contributed by atoms with Crippen LogP contribution >= 0.6 is 0 Å². The second kappa shape index (κ2) is 9.96. The van der Waals surface area contributed by atoms with Crippen LogP contribution in [0.1, 0.15) is 39.9 Å². The number of carboxylic acids is 1. The average Bonchev–Trinajstić information content (AvgIpc) is 2.79. The van der Waals surface area contributed by atoms with Crippen molar-refractivity contribution in [2.24, 2.45) is 11.0 Å². The number of hydrazone groups is 1. The molecule has 7 heteroatoms. The van der Waals surface area contributed by atoms with Crippen molar-refractivity contribution in [3.63, 3.8) is 0 Å². The van der Waals surface area contributed by atoms with Gasteiger partial charge in [0.15, 0.2) is 0 Å². The number of aliphatic carboxylic acids is 1. The summed E-state index contributed by atoms with van der Waals surface area (Å²) < 4.78 is 0. The number of carbonyl (C=O) groups is 2. The molecule has 1 saturated heterocycles. The van der Waals surface area contributed by atoms with Crippen molar-refractivity contribution < 1.29 is 14.7 Å². The second-order valence-electron chi connectivity index (χ2n) is 8.77. The molecular formula is C25H30N4O3. The molecule has 2 N–H and O–H groups in total. The van der Waals surface area contributed by atoms with Gasteiger partial charge in [-0.3, -0.25) is 14.6 Å². The Kier molecular flexibility index (Phi) is 6.85. The molecule has 1 aliphatic carbocycles. The van der Waals surface area contributed by atoms with E-state index in [0.717, 1.165) is 55.8 Å². The van der Waals surface area contributed by atoms with E-state index < -0.39 is 5.97 Å². The van der Waals surface area contributed by atoms with Crippen molar-refractivity contribution >= 4 is 23.8 Å². The Labute approximate surface area is 188 Å². The molecule has 2 aliphatic rings. The summed E-state index contributed by atoms with van der Waals surface area (Å²) in [6.07, 6.45) is 4.50. The molecule has 1 aliphatic heterocycles. The Morgan fingerprint density at radius 1 is 1.09 bits per heavy atom. The molecule has 168 valence electrons. The van der Waals surface area contributed by atoms with Crippen molar-refractivity contribution in [2.75, 3.05) is 38.5 Å². The summed E-state index contributed by atoms with van der Waals surface area (Å²) in [6, 6.07) is 13.4. The molecule has 0 radical (unpaired) electrons. The van der Waals surface area contributed by atoms with E-state index in [1.165, 1.54) is 5.56 Å². The summed E-state index contributed by atoms with van der Waals surface area (Å²) in [7, 11) is 2.12. The van der Waals surface area contributed by atoms with Crippen molar-refractivity contribution in [2.45, 2.75) is 25.7 Å². The van der Waals surface area contributed by atoms with Gasteiger partial charge in [0.2, 0.25) is 0 Å². The monoisotopic (exact) mass is 434 g/mol. The third-order valence-corrected chi connectivity index (χ3v) is 6.28. The third-order valence-electron chi connectivity index (χ3n) is 6.28. The fourth-order valence-corrected chi connectivity index (χ4v) is 4.31. The average molecular weight is 435 g/mol. The predicted octanol–water partition coefficient (Wildman–Crippen LogP) is 3.10. The van der Waals surface area contributed by atoms with E-state index in [2.05, 4.69) is 27.4 Å². The fraction of sp³-hybridized carbons (Fsp3) is 0.400. The Hall–Kier alpha value is -3.19. The van der Waals surface area contributed by atoms with E-state index in [1.54, 1.807) is 0 Å². The lowest BCUT2D eigenvalue weighted by Crippen LogP contribution is -2.41. The van der Waals surface area contributed by atoms with Crippen molar-refractivity contribution in [1.29, 1.82) is 0 Å². The highest BCUT2D eigenvalue weighted by Crippen LogP contribution is 2.28. The lowest BCUT2D eigenvalue weighted by Gasteiger charge is -2.30. The smallest absolute Gasteiger partial charge is 0.303 e. The summed E-state index contributed by atoms with van der Waals surface area (Å²) in [6.45, 7) is 3.90. The van der Waals surface area contributed by atoms with Crippen LogP contribution < -0.4 is 5.32 Å². The van der Waals surface area contributed by atoms with Gasteiger partial charge in [0.25, 0.3) is 5.91 Å². The minimum Gasteiger partial charge on any atom is -0.481 e.